The van der Waals surface area contributed by atoms with E-state index >= 15 is 0 Å². The predicted molar refractivity (Wildman–Crippen MR) is 87.0 cm³/mol. The van der Waals surface area contributed by atoms with E-state index in [1.165, 1.54) is 24.8 Å². The molecule has 23 heavy (non-hydrogen) atoms. The number of hydrogen-bond acceptors (Lipinski definition) is 4. The zero-order chi connectivity index (χ0) is 17.3. The molecule has 1 aromatic heterocycles. The molecule has 1 atom stereocenters. The van der Waals surface area contributed by atoms with Crippen LogP contribution in [-0.4, -0.2) is 32.5 Å². The van der Waals surface area contributed by atoms with Crippen molar-refractivity contribution >= 4 is 19.4 Å². The molecule has 0 fully saturated rings. The van der Waals surface area contributed by atoms with Crippen LogP contribution >= 0.6 is 7.60 Å². The van der Waals surface area contributed by atoms with Crippen molar-refractivity contribution in [3.05, 3.63) is 23.9 Å². The Bertz CT molecular complexity index is 549. The summed E-state index contributed by atoms with van der Waals surface area (Å²) in [5, 5.41) is 14.7. The number of amides is 2. The number of pyridine rings is 1. The highest BCUT2D eigenvalue weighted by atomic mass is 31.2. The van der Waals surface area contributed by atoms with E-state index in [4.69, 9.17) is 9.79 Å². The summed E-state index contributed by atoms with van der Waals surface area (Å²) in [6.45, 7) is 2.63. The summed E-state index contributed by atoms with van der Waals surface area (Å²) >= 11 is 0. The first-order valence-electron chi connectivity index (χ1n) is 7.59. The number of unbranched alkanes of at least 4 members (excludes halogenated alkanes) is 4. The van der Waals surface area contributed by atoms with Crippen molar-refractivity contribution in [1.82, 2.24) is 10.3 Å². The number of nitrogens with one attached hydrogen (secondary N) is 2. The fraction of sp³-hybridized carbons (Fsp3) is 0.571. The Morgan fingerprint density at radius 1 is 1.30 bits per heavy atom. The third-order valence-electron chi connectivity index (χ3n) is 3.23. The lowest BCUT2D eigenvalue weighted by molar-refractivity contribution is 0.205. The van der Waals surface area contributed by atoms with Crippen LogP contribution in [0.5, 0.6) is 0 Å². The number of hydrogen-bond donors (Lipinski definition) is 5. The van der Waals surface area contributed by atoms with Gasteiger partial charge in [0.25, 0.3) is 0 Å². The summed E-state index contributed by atoms with van der Waals surface area (Å²) in [5.74, 6) is -2.10. The lowest BCUT2D eigenvalue weighted by atomic mass is 10.1. The molecule has 5 N–H and O–H groups in total. The Labute approximate surface area is 135 Å². The summed E-state index contributed by atoms with van der Waals surface area (Å²) < 4.78 is 11.2. The van der Waals surface area contributed by atoms with Crippen molar-refractivity contribution in [3.63, 3.8) is 0 Å². The normalized spacial score (nSPS) is 12.7. The van der Waals surface area contributed by atoms with E-state index in [2.05, 4.69) is 22.5 Å². The Hall–Kier alpha value is -1.47. The van der Waals surface area contributed by atoms with Gasteiger partial charge in [-0.25, -0.2) is 9.78 Å². The fourth-order valence-electron chi connectivity index (χ4n) is 1.99. The first kappa shape index (κ1) is 19.6. The molecule has 1 heterocycles. The molecule has 9 heteroatoms. The van der Waals surface area contributed by atoms with Crippen LogP contribution < -0.4 is 10.6 Å². The van der Waals surface area contributed by atoms with Gasteiger partial charge in [-0.2, -0.15) is 0 Å². The average molecular weight is 345 g/mol. The largest absolute Gasteiger partial charge is 0.376 e. The number of aromatic nitrogens is 1. The minimum absolute atomic E-state index is 0.0770. The first-order chi connectivity index (χ1) is 10.9. The van der Waals surface area contributed by atoms with Gasteiger partial charge in [-0.1, -0.05) is 38.7 Å². The lowest BCUT2D eigenvalue weighted by Gasteiger charge is -2.16. The molecular weight excluding hydrogens is 321 g/mol. The van der Waals surface area contributed by atoms with Gasteiger partial charge in [0.15, 0.2) is 5.85 Å². The van der Waals surface area contributed by atoms with Gasteiger partial charge in [-0.3, -0.25) is 9.88 Å². The van der Waals surface area contributed by atoms with Crippen LogP contribution in [0, 0.1) is 0 Å². The van der Waals surface area contributed by atoms with Gasteiger partial charge in [-0.05, 0) is 12.5 Å². The maximum Gasteiger partial charge on any atom is 0.358 e. The Kier molecular flexibility index (Phi) is 8.19. The van der Waals surface area contributed by atoms with Gasteiger partial charge < -0.3 is 20.2 Å². The van der Waals surface area contributed by atoms with Crippen molar-refractivity contribution in [1.29, 1.82) is 0 Å². The molecule has 0 spiro atoms. The van der Waals surface area contributed by atoms with E-state index < -0.39 is 19.5 Å². The van der Waals surface area contributed by atoms with Crippen molar-refractivity contribution < 1.29 is 24.3 Å². The Morgan fingerprint density at radius 2 is 2.00 bits per heavy atom. The molecule has 8 nitrogen and oxygen atoms in total. The highest BCUT2D eigenvalue weighted by Gasteiger charge is 2.30. The molecule has 130 valence electrons. The van der Waals surface area contributed by atoms with E-state index in [9.17, 15) is 14.5 Å². The van der Waals surface area contributed by atoms with E-state index in [1.54, 1.807) is 0 Å². The van der Waals surface area contributed by atoms with Crippen LogP contribution in [0.1, 0.15) is 50.4 Å². The van der Waals surface area contributed by atoms with Gasteiger partial charge >= 0.3 is 13.6 Å². The van der Waals surface area contributed by atoms with Crippen LogP contribution in [0.3, 0.4) is 0 Å². The SMILES string of the molecule is CCCCCCCNC(=O)Nc1ncccc1C(O)P(=O)(O)O. The third-order valence-corrected chi connectivity index (χ3v) is 4.15. The smallest absolute Gasteiger partial charge is 0.358 e. The van der Waals surface area contributed by atoms with Crippen LogP contribution in [0.2, 0.25) is 0 Å². The quantitative estimate of drug-likeness (QED) is 0.345. The highest BCUT2D eigenvalue weighted by Crippen LogP contribution is 2.51. The van der Waals surface area contributed by atoms with Crippen molar-refractivity contribution in [2.75, 3.05) is 11.9 Å². The van der Waals surface area contributed by atoms with Gasteiger partial charge in [0.2, 0.25) is 0 Å². The number of carbonyl (C=O) groups excluding carboxylic acids is 1. The van der Waals surface area contributed by atoms with Crippen molar-refractivity contribution in [2.45, 2.75) is 44.9 Å². The maximum atomic E-state index is 11.8. The number of nitrogens with zero attached hydrogens (tertiary/aromatic N) is 1. The molecule has 0 bridgehead atoms. The summed E-state index contributed by atoms with van der Waals surface area (Å²) in [7, 11) is -4.74. The van der Waals surface area contributed by atoms with Crippen molar-refractivity contribution in [3.8, 4) is 0 Å². The molecule has 1 unspecified atom stereocenters. The fourth-order valence-corrected chi connectivity index (χ4v) is 2.56. The van der Waals surface area contributed by atoms with E-state index in [1.807, 2.05) is 0 Å². The van der Waals surface area contributed by atoms with Crippen LogP contribution in [0.15, 0.2) is 18.3 Å². The second-order valence-electron chi connectivity index (χ2n) is 5.20. The molecule has 0 aliphatic heterocycles. The van der Waals surface area contributed by atoms with Crippen LogP contribution in [-0.2, 0) is 4.57 Å². The number of urea groups is 1. The average Bonchev–Trinajstić information content (AvgIpc) is 2.49. The molecule has 0 aliphatic carbocycles. The molecule has 1 rings (SSSR count). The Balaban J connectivity index is 2.54. The molecule has 1 aromatic rings. The van der Waals surface area contributed by atoms with Gasteiger partial charge in [0, 0.05) is 18.3 Å². The third kappa shape index (κ3) is 7.09. The monoisotopic (exact) mass is 345 g/mol. The second-order valence-corrected chi connectivity index (χ2v) is 6.87. The minimum atomic E-state index is -4.74. The number of rotatable bonds is 9. The maximum absolute atomic E-state index is 11.8. The molecular formula is C14H24N3O5P. The lowest BCUT2D eigenvalue weighted by Crippen LogP contribution is -2.30. The molecule has 0 saturated carbocycles. The topological polar surface area (TPSA) is 132 Å². The Morgan fingerprint density at radius 3 is 2.65 bits per heavy atom. The zero-order valence-electron chi connectivity index (χ0n) is 13.1. The zero-order valence-corrected chi connectivity index (χ0v) is 14.0. The van der Waals surface area contributed by atoms with Crippen LogP contribution in [0.25, 0.3) is 0 Å². The standard InChI is InChI=1S/C14H24N3O5P/c1-2-3-4-5-6-9-16-14(19)17-12-11(8-7-10-15-12)13(18)23(20,21)22/h7-8,10,13,18H,2-6,9H2,1H3,(H2,20,21,22)(H2,15,16,17,19). The first-order valence-corrected chi connectivity index (χ1v) is 9.27. The van der Waals surface area contributed by atoms with Crippen LogP contribution in [0.4, 0.5) is 10.6 Å². The number of carbonyl (C=O) groups is 1. The number of aliphatic hydroxyl groups is 1. The van der Waals surface area contributed by atoms with Gasteiger partial charge in [0.1, 0.15) is 5.82 Å². The highest BCUT2D eigenvalue weighted by molar-refractivity contribution is 7.51. The van der Waals surface area contributed by atoms with Gasteiger partial charge in [0.05, 0.1) is 0 Å². The molecule has 0 radical (unpaired) electrons. The molecule has 0 saturated heterocycles. The van der Waals surface area contributed by atoms with Gasteiger partial charge in [-0.15, -0.1) is 0 Å². The molecule has 0 aliphatic rings. The number of anilines is 1. The summed E-state index contributed by atoms with van der Waals surface area (Å²) in [6, 6.07) is 2.20. The summed E-state index contributed by atoms with van der Waals surface area (Å²) in [4.78, 5) is 33.7. The van der Waals surface area contributed by atoms with Crippen molar-refractivity contribution in [2.24, 2.45) is 0 Å². The van der Waals surface area contributed by atoms with E-state index in [0.29, 0.717) is 6.54 Å². The number of aliphatic hydroxyl groups excluding tert-OH is 1. The molecule has 2 amide bonds. The van der Waals surface area contributed by atoms with E-state index in [0.717, 1.165) is 25.7 Å². The summed E-state index contributed by atoms with van der Waals surface area (Å²) in [6.07, 6.45) is 6.68. The predicted octanol–water partition coefficient (Wildman–Crippen LogP) is 2.34. The minimum Gasteiger partial charge on any atom is -0.376 e. The molecule has 0 aromatic carbocycles. The van der Waals surface area contributed by atoms with E-state index in [-0.39, 0.29) is 11.4 Å². The second kappa shape index (κ2) is 9.62. The summed E-state index contributed by atoms with van der Waals surface area (Å²) in [5.41, 5.74) is -0.126.